The van der Waals surface area contributed by atoms with Gasteiger partial charge in [-0.3, -0.25) is 4.79 Å². The van der Waals surface area contributed by atoms with E-state index in [2.05, 4.69) is 5.32 Å². The molecular weight excluding hydrogens is 333 g/mol. The van der Waals surface area contributed by atoms with Crippen LogP contribution in [-0.2, 0) is 4.79 Å². The lowest BCUT2D eigenvalue weighted by atomic mass is 10.0. The Balaban J connectivity index is 3.00. The third kappa shape index (κ3) is 5.09. The molecule has 0 aliphatic heterocycles. The van der Waals surface area contributed by atoms with Gasteiger partial charge in [0.1, 0.15) is 6.04 Å². The van der Waals surface area contributed by atoms with E-state index in [1.807, 2.05) is 20.1 Å². The second-order valence-electron chi connectivity index (χ2n) is 4.96. The van der Waals surface area contributed by atoms with Crippen LogP contribution in [0.25, 0.3) is 0 Å². The molecule has 0 aliphatic rings. The van der Waals surface area contributed by atoms with Crippen molar-refractivity contribution in [3.05, 3.63) is 27.7 Å². The predicted octanol–water partition coefficient (Wildman–Crippen LogP) is 3.94. The van der Waals surface area contributed by atoms with E-state index in [1.54, 1.807) is 6.07 Å². The van der Waals surface area contributed by atoms with Crippen LogP contribution in [-0.4, -0.2) is 29.3 Å². The van der Waals surface area contributed by atoms with Gasteiger partial charge in [-0.2, -0.15) is 0 Å². The number of hydrogen-bond donors (Lipinski definition) is 2. The van der Waals surface area contributed by atoms with Crippen LogP contribution in [0.4, 0.5) is 0 Å². The van der Waals surface area contributed by atoms with Crippen molar-refractivity contribution in [1.82, 2.24) is 5.32 Å². The Bertz CT molecular complexity index is 549. The zero-order valence-corrected chi connectivity index (χ0v) is 14.3. The zero-order valence-electron chi connectivity index (χ0n) is 11.9. The zero-order chi connectivity index (χ0) is 16.2. The van der Waals surface area contributed by atoms with Gasteiger partial charge in [0.05, 0.1) is 15.6 Å². The molecule has 1 rings (SSSR count). The van der Waals surface area contributed by atoms with Crippen LogP contribution >= 0.6 is 35.0 Å². The van der Waals surface area contributed by atoms with E-state index in [0.29, 0.717) is 16.3 Å². The highest BCUT2D eigenvalue weighted by atomic mass is 35.5. The highest BCUT2D eigenvalue weighted by Crippen LogP contribution is 2.31. The van der Waals surface area contributed by atoms with Crippen molar-refractivity contribution in [3.8, 4) is 0 Å². The molecule has 0 bridgehead atoms. The fourth-order valence-corrected chi connectivity index (χ4v) is 2.98. The summed E-state index contributed by atoms with van der Waals surface area (Å²) >= 11 is 13.4. The average molecular weight is 350 g/mol. The molecule has 0 fully saturated rings. The van der Waals surface area contributed by atoms with Crippen LogP contribution in [0, 0.1) is 5.92 Å². The molecule has 116 valence electrons. The number of carboxylic acid groups (broad SMARTS) is 1. The topological polar surface area (TPSA) is 66.4 Å². The number of nitrogens with one attached hydrogen (secondary N) is 1. The molecule has 1 atom stereocenters. The number of carbonyl (C=O) groups is 2. The molecule has 0 aliphatic carbocycles. The van der Waals surface area contributed by atoms with Gasteiger partial charge >= 0.3 is 5.97 Å². The number of carbonyl (C=O) groups excluding carboxylic acids is 1. The lowest BCUT2D eigenvalue weighted by Crippen LogP contribution is -2.41. The summed E-state index contributed by atoms with van der Waals surface area (Å²) in [6.45, 7) is 3.78. The summed E-state index contributed by atoms with van der Waals surface area (Å²) in [5.74, 6) is -1.43. The Morgan fingerprint density at radius 1 is 1.29 bits per heavy atom. The van der Waals surface area contributed by atoms with Crippen LogP contribution in [0.3, 0.4) is 0 Å². The van der Waals surface area contributed by atoms with Gasteiger partial charge in [-0.25, -0.2) is 4.79 Å². The van der Waals surface area contributed by atoms with E-state index in [4.69, 9.17) is 28.3 Å². The Labute approximate surface area is 138 Å². The number of carboxylic acids is 1. The molecule has 0 heterocycles. The number of hydrogen-bond acceptors (Lipinski definition) is 3. The molecule has 21 heavy (non-hydrogen) atoms. The third-order valence-electron chi connectivity index (χ3n) is 2.80. The van der Waals surface area contributed by atoms with Crippen LogP contribution in [0.15, 0.2) is 17.0 Å². The summed E-state index contributed by atoms with van der Waals surface area (Å²) in [5, 5.41) is 12.3. The van der Waals surface area contributed by atoms with E-state index in [0.717, 1.165) is 0 Å². The molecule has 0 unspecified atom stereocenters. The van der Waals surface area contributed by atoms with E-state index >= 15 is 0 Å². The standard InChI is InChI=1S/C14H17Cl2NO3S/c1-7(2)4-11(14(19)20)17-13(18)8-5-12(21-3)10(16)6-9(8)15/h5-7,11H,4H2,1-3H3,(H,17,18)(H,19,20)/t11-/m1/s1. The summed E-state index contributed by atoms with van der Waals surface area (Å²) in [6, 6.07) is 2.11. The normalized spacial score (nSPS) is 12.3. The fraction of sp³-hybridized carbons (Fsp3) is 0.429. The molecule has 0 saturated heterocycles. The Morgan fingerprint density at radius 2 is 1.90 bits per heavy atom. The summed E-state index contributed by atoms with van der Waals surface area (Å²) < 4.78 is 0. The summed E-state index contributed by atoms with van der Waals surface area (Å²) in [4.78, 5) is 24.1. The average Bonchev–Trinajstić information content (AvgIpc) is 2.37. The maximum Gasteiger partial charge on any atom is 0.326 e. The van der Waals surface area contributed by atoms with Gasteiger partial charge in [0.2, 0.25) is 0 Å². The van der Waals surface area contributed by atoms with Gasteiger partial charge in [-0.05, 0) is 30.7 Å². The van der Waals surface area contributed by atoms with Gasteiger partial charge in [0.25, 0.3) is 5.91 Å². The second kappa shape index (κ2) is 7.92. The monoisotopic (exact) mass is 349 g/mol. The van der Waals surface area contributed by atoms with E-state index in [-0.39, 0.29) is 16.5 Å². The maximum atomic E-state index is 12.2. The number of amides is 1. The molecule has 0 radical (unpaired) electrons. The van der Waals surface area contributed by atoms with Gasteiger partial charge in [0.15, 0.2) is 0 Å². The Kier molecular flexibility index (Phi) is 6.84. The lowest BCUT2D eigenvalue weighted by molar-refractivity contribution is -0.139. The summed E-state index contributed by atoms with van der Waals surface area (Å²) in [6.07, 6.45) is 2.18. The number of halogens is 2. The van der Waals surface area contributed by atoms with Crippen LogP contribution in [0.2, 0.25) is 10.0 Å². The SMILES string of the molecule is CSc1cc(C(=O)N[C@H](CC(C)C)C(=O)O)c(Cl)cc1Cl. The van der Waals surface area contributed by atoms with E-state index < -0.39 is 17.9 Å². The molecule has 1 aromatic carbocycles. The van der Waals surface area contributed by atoms with Crippen molar-refractivity contribution in [2.75, 3.05) is 6.26 Å². The fourth-order valence-electron chi connectivity index (χ4n) is 1.79. The summed E-state index contributed by atoms with van der Waals surface area (Å²) in [7, 11) is 0. The first-order chi connectivity index (χ1) is 9.76. The second-order valence-corrected chi connectivity index (χ2v) is 6.62. The lowest BCUT2D eigenvalue weighted by Gasteiger charge is -2.17. The molecule has 0 aromatic heterocycles. The van der Waals surface area contributed by atoms with Gasteiger partial charge in [-0.1, -0.05) is 37.0 Å². The minimum atomic E-state index is -1.06. The molecule has 4 nitrogen and oxygen atoms in total. The van der Waals surface area contributed by atoms with Gasteiger partial charge in [-0.15, -0.1) is 11.8 Å². The third-order valence-corrected chi connectivity index (χ3v) is 4.31. The first-order valence-corrected chi connectivity index (χ1v) is 8.31. The first kappa shape index (κ1) is 18.1. The molecule has 1 amide bonds. The van der Waals surface area contributed by atoms with Crippen molar-refractivity contribution in [2.24, 2.45) is 5.92 Å². The van der Waals surface area contributed by atoms with Crippen molar-refractivity contribution >= 4 is 46.8 Å². The molecule has 0 spiro atoms. The highest BCUT2D eigenvalue weighted by Gasteiger charge is 2.23. The number of aliphatic carboxylic acids is 1. The van der Waals surface area contributed by atoms with Crippen LogP contribution < -0.4 is 5.32 Å². The number of rotatable bonds is 6. The van der Waals surface area contributed by atoms with Crippen molar-refractivity contribution in [3.63, 3.8) is 0 Å². The molecular formula is C14H17Cl2NO3S. The first-order valence-electron chi connectivity index (χ1n) is 6.33. The molecule has 1 aromatic rings. The Hall–Kier alpha value is -0.910. The van der Waals surface area contributed by atoms with Gasteiger partial charge < -0.3 is 10.4 Å². The smallest absolute Gasteiger partial charge is 0.326 e. The van der Waals surface area contributed by atoms with Crippen LogP contribution in [0.5, 0.6) is 0 Å². The van der Waals surface area contributed by atoms with Gasteiger partial charge in [0, 0.05) is 4.90 Å². The predicted molar refractivity (Wildman–Crippen MR) is 86.6 cm³/mol. The maximum absolute atomic E-state index is 12.2. The van der Waals surface area contributed by atoms with Crippen molar-refractivity contribution in [2.45, 2.75) is 31.2 Å². The van der Waals surface area contributed by atoms with Crippen molar-refractivity contribution in [1.29, 1.82) is 0 Å². The molecule has 2 N–H and O–H groups in total. The van der Waals surface area contributed by atoms with Crippen LogP contribution in [0.1, 0.15) is 30.6 Å². The minimum Gasteiger partial charge on any atom is -0.480 e. The number of thioether (sulfide) groups is 1. The van der Waals surface area contributed by atoms with Crippen molar-refractivity contribution < 1.29 is 14.7 Å². The largest absolute Gasteiger partial charge is 0.480 e. The number of benzene rings is 1. The minimum absolute atomic E-state index is 0.147. The Morgan fingerprint density at radius 3 is 2.38 bits per heavy atom. The molecule has 7 heteroatoms. The quantitative estimate of drug-likeness (QED) is 0.763. The highest BCUT2D eigenvalue weighted by molar-refractivity contribution is 7.98. The van der Waals surface area contributed by atoms with E-state index in [1.165, 1.54) is 17.8 Å². The molecule has 0 saturated carbocycles. The summed E-state index contributed by atoms with van der Waals surface area (Å²) in [5.41, 5.74) is 0.223. The van der Waals surface area contributed by atoms with E-state index in [9.17, 15) is 9.59 Å².